The van der Waals surface area contributed by atoms with E-state index in [1.165, 1.54) is 16.0 Å². The predicted molar refractivity (Wildman–Crippen MR) is 128 cm³/mol. The number of nitrogens with one attached hydrogen (secondary N) is 1. The number of carboxylic acids is 1. The first-order valence-electron chi connectivity index (χ1n) is 11.8. The van der Waals surface area contributed by atoms with Crippen molar-refractivity contribution in [3.8, 4) is 11.1 Å². The SMILES string of the molecule is CC(C)C(CNC(=O)OCC1c2ccccc2-c2ccccc21)CC(=O)N(C)C1(C(=O)O)CC1. The molecule has 0 bridgehead atoms. The molecule has 2 aromatic rings. The van der Waals surface area contributed by atoms with Crippen molar-refractivity contribution in [2.24, 2.45) is 11.8 Å². The Bertz CT molecular complexity index is 1050. The fourth-order valence-electron chi connectivity index (χ4n) is 4.82. The number of nitrogens with zero attached hydrogens (tertiary/aromatic N) is 1. The lowest BCUT2D eigenvalue weighted by Crippen LogP contribution is -2.46. The fraction of sp³-hybridized carbons (Fsp3) is 0.444. The molecule has 1 atom stereocenters. The third-order valence-electron chi connectivity index (χ3n) is 7.37. The second-order valence-electron chi connectivity index (χ2n) is 9.70. The van der Waals surface area contributed by atoms with E-state index in [2.05, 4.69) is 29.6 Å². The zero-order valence-electron chi connectivity index (χ0n) is 19.9. The number of fused-ring (bicyclic) bond motifs is 3. The van der Waals surface area contributed by atoms with Crippen molar-refractivity contribution >= 4 is 18.0 Å². The van der Waals surface area contributed by atoms with Gasteiger partial charge in [-0.15, -0.1) is 0 Å². The summed E-state index contributed by atoms with van der Waals surface area (Å²) in [5.41, 5.74) is 3.59. The van der Waals surface area contributed by atoms with E-state index in [0.29, 0.717) is 12.8 Å². The van der Waals surface area contributed by atoms with E-state index in [4.69, 9.17) is 4.74 Å². The molecule has 0 heterocycles. The highest BCUT2D eigenvalue weighted by Gasteiger charge is 2.55. The van der Waals surface area contributed by atoms with Crippen molar-refractivity contribution in [3.05, 3.63) is 59.7 Å². The maximum atomic E-state index is 12.7. The second-order valence-corrected chi connectivity index (χ2v) is 9.70. The molecule has 34 heavy (non-hydrogen) atoms. The highest BCUT2D eigenvalue weighted by molar-refractivity contribution is 5.89. The zero-order valence-corrected chi connectivity index (χ0v) is 19.9. The Balaban J connectivity index is 1.32. The van der Waals surface area contributed by atoms with Crippen LogP contribution in [0.25, 0.3) is 11.1 Å². The number of aliphatic carboxylic acids is 1. The molecule has 2 N–H and O–H groups in total. The average Bonchev–Trinajstić information content (AvgIpc) is 3.58. The fourth-order valence-corrected chi connectivity index (χ4v) is 4.82. The number of ether oxygens (including phenoxy) is 1. The summed E-state index contributed by atoms with van der Waals surface area (Å²) in [5, 5.41) is 12.3. The van der Waals surface area contributed by atoms with Gasteiger partial charge in [0.15, 0.2) is 0 Å². The van der Waals surface area contributed by atoms with E-state index in [1.54, 1.807) is 7.05 Å². The number of hydrogen-bond acceptors (Lipinski definition) is 4. The number of carbonyl (C=O) groups excluding carboxylic acids is 2. The summed E-state index contributed by atoms with van der Waals surface area (Å²) in [4.78, 5) is 38.2. The Hall–Kier alpha value is -3.35. The quantitative estimate of drug-likeness (QED) is 0.578. The van der Waals surface area contributed by atoms with Gasteiger partial charge in [0.05, 0.1) is 0 Å². The van der Waals surface area contributed by atoms with E-state index < -0.39 is 17.6 Å². The molecule has 1 unspecified atom stereocenters. The van der Waals surface area contributed by atoms with Crippen LogP contribution in [0.5, 0.6) is 0 Å². The maximum absolute atomic E-state index is 12.7. The van der Waals surface area contributed by atoms with Gasteiger partial charge < -0.3 is 20.1 Å². The number of benzene rings is 2. The lowest BCUT2D eigenvalue weighted by molar-refractivity contribution is -0.151. The monoisotopic (exact) mass is 464 g/mol. The van der Waals surface area contributed by atoms with Gasteiger partial charge in [-0.25, -0.2) is 9.59 Å². The highest BCUT2D eigenvalue weighted by atomic mass is 16.5. The topological polar surface area (TPSA) is 95.9 Å². The van der Waals surface area contributed by atoms with Crippen molar-refractivity contribution in [1.82, 2.24) is 10.2 Å². The van der Waals surface area contributed by atoms with E-state index >= 15 is 0 Å². The normalized spacial score (nSPS) is 16.4. The van der Waals surface area contributed by atoms with Crippen LogP contribution in [0.3, 0.4) is 0 Å². The molecule has 180 valence electrons. The Kier molecular flexibility index (Phi) is 6.64. The van der Waals surface area contributed by atoms with Crippen LogP contribution in [-0.4, -0.2) is 53.7 Å². The van der Waals surface area contributed by atoms with Crippen molar-refractivity contribution < 1.29 is 24.2 Å². The number of amides is 2. The second kappa shape index (κ2) is 9.49. The van der Waals surface area contributed by atoms with Gasteiger partial charge in [0.2, 0.25) is 5.91 Å². The smallest absolute Gasteiger partial charge is 0.407 e. The standard InChI is InChI=1S/C27H32N2O5/c1-17(2)18(14-24(30)29(3)27(12-13-27)25(31)32)15-28-26(33)34-16-23-21-10-6-4-8-19(21)20-9-5-7-11-22(20)23/h4-11,17-18,23H,12-16H2,1-3H3,(H,28,33)(H,31,32). The summed E-state index contributed by atoms with van der Waals surface area (Å²) in [6, 6.07) is 16.3. The molecule has 7 nitrogen and oxygen atoms in total. The van der Waals surface area contributed by atoms with Crippen LogP contribution < -0.4 is 5.32 Å². The Morgan fingerprint density at radius 1 is 1.06 bits per heavy atom. The van der Waals surface area contributed by atoms with Gasteiger partial charge in [-0.3, -0.25) is 4.79 Å². The van der Waals surface area contributed by atoms with Gasteiger partial charge in [-0.05, 0) is 46.9 Å². The summed E-state index contributed by atoms with van der Waals surface area (Å²) < 4.78 is 5.59. The van der Waals surface area contributed by atoms with E-state index in [9.17, 15) is 19.5 Å². The van der Waals surface area contributed by atoms with Crippen LogP contribution in [0.2, 0.25) is 0 Å². The molecule has 7 heteroatoms. The number of likely N-dealkylation sites (N-methyl/N-ethyl adjacent to an activating group) is 1. The minimum Gasteiger partial charge on any atom is -0.479 e. The Morgan fingerprint density at radius 3 is 2.12 bits per heavy atom. The lowest BCUT2D eigenvalue weighted by Gasteiger charge is -2.28. The van der Waals surface area contributed by atoms with E-state index in [-0.39, 0.29) is 43.2 Å². The van der Waals surface area contributed by atoms with Crippen molar-refractivity contribution in [3.63, 3.8) is 0 Å². The number of rotatable bonds is 9. The predicted octanol–water partition coefficient (Wildman–Crippen LogP) is 4.26. The molecule has 2 aromatic carbocycles. The summed E-state index contributed by atoms with van der Waals surface area (Å²) in [7, 11) is 1.56. The van der Waals surface area contributed by atoms with Gasteiger partial charge in [0.1, 0.15) is 12.1 Å². The third-order valence-corrected chi connectivity index (χ3v) is 7.37. The third kappa shape index (κ3) is 4.52. The molecule has 0 spiro atoms. The molecule has 0 aliphatic heterocycles. The van der Waals surface area contributed by atoms with Gasteiger partial charge in [-0.2, -0.15) is 0 Å². The largest absolute Gasteiger partial charge is 0.479 e. The summed E-state index contributed by atoms with van der Waals surface area (Å²) in [6.45, 7) is 4.49. The first kappa shape index (κ1) is 23.8. The van der Waals surface area contributed by atoms with Crippen molar-refractivity contribution in [1.29, 1.82) is 0 Å². The van der Waals surface area contributed by atoms with Crippen LogP contribution >= 0.6 is 0 Å². The number of carboxylic acid groups (broad SMARTS) is 1. The van der Waals surface area contributed by atoms with Crippen LogP contribution in [-0.2, 0) is 14.3 Å². The van der Waals surface area contributed by atoms with Gasteiger partial charge in [0.25, 0.3) is 0 Å². The molecule has 2 amide bonds. The molecule has 1 saturated carbocycles. The molecule has 1 fully saturated rings. The summed E-state index contributed by atoms with van der Waals surface area (Å²) in [5.74, 6) is -1.18. The van der Waals surface area contributed by atoms with Crippen LogP contribution in [0, 0.1) is 11.8 Å². The van der Waals surface area contributed by atoms with Crippen LogP contribution in [0.1, 0.15) is 50.2 Å². The Labute approximate surface area is 200 Å². The zero-order chi connectivity index (χ0) is 24.5. The molecular weight excluding hydrogens is 432 g/mol. The highest BCUT2D eigenvalue weighted by Crippen LogP contribution is 2.44. The number of carbonyl (C=O) groups is 3. The maximum Gasteiger partial charge on any atom is 0.407 e. The van der Waals surface area contributed by atoms with Gasteiger partial charge >= 0.3 is 12.1 Å². The minimum absolute atomic E-state index is 0.0139. The lowest BCUT2D eigenvalue weighted by atomic mass is 9.91. The molecular formula is C27H32N2O5. The number of alkyl carbamates (subject to hydrolysis) is 1. The first-order valence-corrected chi connectivity index (χ1v) is 11.8. The van der Waals surface area contributed by atoms with Gasteiger partial charge in [-0.1, -0.05) is 62.4 Å². The molecule has 0 radical (unpaired) electrons. The average molecular weight is 465 g/mol. The Morgan fingerprint density at radius 2 is 1.62 bits per heavy atom. The van der Waals surface area contributed by atoms with E-state index in [0.717, 1.165) is 11.1 Å². The van der Waals surface area contributed by atoms with Crippen molar-refractivity contribution in [2.75, 3.05) is 20.2 Å². The van der Waals surface area contributed by atoms with E-state index in [1.807, 2.05) is 38.1 Å². The first-order chi connectivity index (χ1) is 16.2. The molecule has 2 aliphatic rings. The van der Waals surface area contributed by atoms with Crippen LogP contribution in [0.15, 0.2) is 48.5 Å². The van der Waals surface area contributed by atoms with Gasteiger partial charge in [0, 0.05) is 25.9 Å². The molecule has 2 aliphatic carbocycles. The summed E-state index contributed by atoms with van der Waals surface area (Å²) >= 11 is 0. The molecule has 0 aromatic heterocycles. The van der Waals surface area contributed by atoms with Crippen LogP contribution in [0.4, 0.5) is 4.79 Å². The number of hydrogen-bond donors (Lipinski definition) is 2. The molecule has 4 rings (SSSR count). The van der Waals surface area contributed by atoms with Crippen molar-refractivity contribution in [2.45, 2.75) is 44.6 Å². The molecule has 0 saturated heterocycles. The minimum atomic E-state index is -1.06. The summed E-state index contributed by atoms with van der Waals surface area (Å²) in [6.07, 6.45) is 0.619.